The number of hydrogen-bond donors (Lipinski definition) is 0. The molecule has 0 aromatic carbocycles. The highest BCUT2D eigenvalue weighted by molar-refractivity contribution is 5.37. The maximum atomic E-state index is 2.44. The normalized spacial score (nSPS) is 21.4. The molecule has 0 atom stereocenters. The van der Waals surface area contributed by atoms with Gasteiger partial charge in [-0.25, -0.2) is 0 Å². The van der Waals surface area contributed by atoms with Crippen LogP contribution in [0.2, 0.25) is 0 Å². The van der Waals surface area contributed by atoms with Crippen LogP contribution in [0, 0.1) is 10.8 Å². The smallest absolute Gasteiger partial charge is 0.0104 e. The van der Waals surface area contributed by atoms with Crippen LogP contribution < -0.4 is 0 Å². The van der Waals surface area contributed by atoms with E-state index in [0.717, 1.165) is 38.5 Å². The highest BCUT2D eigenvalue weighted by Gasteiger charge is 2.27. The summed E-state index contributed by atoms with van der Waals surface area (Å²) in [7, 11) is 0. The molecule has 0 amide bonds. The van der Waals surface area contributed by atoms with Gasteiger partial charge in [-0.3, -0.25) is 0 Å². The van der Waals surface area contributed by atoms with E-state index in [1.54, 1.807) is 22.3 Å². The van der Waals surface area contributed by atoms with Crippen molar-refractivity contribution in [3.05, 3.63) is 93.2 Å². The molecule has 0 spiro atoms. The molecule has 0 bridgehead atoms. The van der Waals surface area contributed by atoms with Crippen molar-refractivity contribution in [2.24, 2.45) is 10.8 Å². The van der Waals surface area contributed by atoms with Crippen molar-refractivity contribution < 1.29 is 0 Å². The lowest BCUT2D eigenvalue weighted by atomic mass is 9.72. The molecule has 0 aliphatic heterocycles. The van der Waals surface area contributed by atoms with Crippen LogP contribution in [0.3, 0.4) is 0 Å². The van der Waals surface area contributed by atoms with Crippen molar-refractivity contribution in [2.75, 3.05) is 0 Å². The van der Waals surface area contributed by atoms with E-state index in [4.69, 9.17) is 0 Å². The molecule has 2 aliphatic carbocycles. The van der Waals surface area contributed by atoms with Gasteiger partial charge in [0.1, 0.15) is 0 Å². The van der Waals surface area contributed by atoms with Crippen LogP contribution in [0.4, 0.5) is 0 Å². The van der Waals surface area contributed by atoms with Gasteiger partial charge < -0.3 is 0 Å². The predicted molar refractivity (Wildman–Crippen MR) is 182 cm³/mol. The van der Waals surface area contributed by atoms with E-state index in [2.05, 4.69) is 118 Å². The Bertz CT molecular complexity index is 993. The number of hydrogen-bond acceptors (Lipinski definition) is 0. The summed E-state index contributed by atoms with van der Waals surface area (Å²) >= 11 is 0. The fourth-order valence-corrected chi connectivity index (χ4v) is 6.50. The van der Waals surface area contributed by atoms with Crippen LogP contribution in [-0.4, -0.2) is 0 Å². The minimum Gasteiger partial charge on any atom is -0.0853 e. The molecule has 0 aromatic rings. The van der Waals surface area contributed by atoms with Gasteiger partial charge in [0.25, 0.3) is 0 Å². The average Bonchev–Trinajstić information content (AvgIpc) is 2.85. The third-order valence-corrected chi connectivity index (χ3v) is 9.27. The van der Waals surface area contributed by atoms with Crippen molar-refractivity contribution in [1.82, 2.24) is 0 Å². The molecule has 222 valence electrons. The molecule has 2 aliphatic rings. The van der Waals surface area contributed by atoms with Gasteiger partial charge in [-0.1, -0.05) is 110 Å². The standard InChI is InChI=1S/C40H62/c1-31(19-13-21-33(3)25-27-37-35(5)23-15-29-39(37,7)8)17-11-12-18-32(2)20-14-22-34(4)26-28-38-36(6)24-16-30-40(38,9)10/h17-18,21-22,25-28H,11-16,19-20,23-24,29-30H2,1-10H3/b27-25+,28-26+,31-17+,32-18+,33-21+,34-22+. The molecule has 0 fully saturated rings. The van der Waals surface area contributed by atoms with Gasteiger partial charge in [0.2, 0.25) is 0 Å². The average molecular weight is 543 g/mol. The Kier molecular flexibility index (Phi) is 14.0. The summed E-state index contributed by atoms with van der Waals surface area (Å²) in [4.78, 5) is 0. The summed E-state index contributed by atoms with van der Waals surface area (Å²) in [5.41, 5.74) is 12.7. The summed E-state index contributed by atoms with van der Waals surface area (Å²) < 4.78 is 0. The minimum atomic E-state index is 0.321. The first-order valence-corrected chi connectivity index (χ1v) is 16.2. The van der Waals surface area contributed by atoms with E-state index >= 15 is 0 Å². The van der Waals surface area contributed by atoms with Gasteiger partial charge >= 0.3 is 0 Å². The van der Waals surface area contributed by atoms with E-state index in [1.165, 1.54) is 60.8 Å². The summed E-state index contributed by atoms with van der Waals surface area (Å²) in [6, 6.07) is 0. The topological polar surface area (TPSA) is 0 Å². The Morgan fingerprint density at radius 3 is 1.30 bits per heavy atom. The first kappa shape index (κ1) is 34.1. The van der Waals surface area contributed by atoms with Gasteiger partial charge in [-0.05, 0) is 141 Å². The highest BCUT2D eigenvalue weighted by atomic mass is 14.3. The molecule has 40 heavy (non-hydrogen) atoms. The van der Waals surface area contributed by atoms with E-state index in [1.807, 2.05) is 0 Å². The van der Waals surface area contributed by atoms with Crippen molar-refractivity contribution in [3.8, 4) is 0 Å². The molecule has 2 rings (SSSR count). The second-order valence-corrected chi connectivity index (χ2v) is 14.2. The van der Waals surface area contributed by atoms with Gasteiger partial charge in [0.15, 0.2) is 0 Å². The SMILES string of the molecule is CC1=C(/C=C/C(C)=C/CC/C(C)=C/CC/C=C(\C)CC/C=C(C)/C=C/C2=C(C)CCCC2(C)C)C(C)(C)CCC1. The van der Waals surface area contributed by atoms with Crippen LogP contribution in [-0.2, 0) is 0 Å². The van der Waals surface area contributed by atoms with Crippen molar-refractivity contribution in [2.45, 2.75) is 146 Å². The lowest BCUT2D eigenvalue weighted by molar-refractivity contribution is 0.376. The molecule has 0 radical (unpaired) electrons. The highest BCUT2D eigenvalue weighted by Crippen LogP contribution is 2.41. The van der Waals surface area contributed by atoms with Crippen molar-refractivity contribution >= 4 is 0 Å². The van der Waals surface area contributed by atoms with Crippen LogP contribution >= 0.6 is 0 Å². The third kappa shape index (κ3) is 11.8. The Balaban J connectivity index is 1.72. The number of unbranched alkanes of at least 4 members (excludes halogenated alkanes) is 1. The Labute approximate surface area is 249 Å². The number of allylic oxidation sites excluding steroid dienone is 16. The fraction of sp³-hybridized carbons (Fsp3) is 0.600. The second-order valence-electron chi connectivity index (χ2n) is 14.2. The largest absolute Gasteiger partial charge is 0.0853 e. The molecule has 0 nitrogen and oxygen atoms in total. The van der Waals surface area contributed by atoms with E-state index in [0.29, 0.717) is 10.8 Å². The maximum Gasteiger partial charge on any atom is -0.0104 e. The van der Waals surface area contributed by atoms with Crippen LogP contribution in [0.15, 0.2) is 93.2 Å². The maximum absolute atomic E-state index is 2.44. The molecule has 0 saturated heterocycles. The zero-order chi connectivity index (χ0) is 29.8. The summed E-state index contributed by atoms with van der Waals surface area (Å²) in [5, 5.41) is 0. The van der Waals surface area contributed by atoms with Gasteiger partial charge in [-0.15, -0.1) is 0 Å². The first-order chi connectivity index (χ1) is 18.8. The van der Waals surface area contributed by atoms with E-state index < -0.39 is 0 Å². The number of rotatable bonds is 13. The Morgan fingerprint density at radius 1 is 0.575 bits per heavy atom. The Morgan fingerprint density at radius 2 is 0.950 bits per heavy atom. The van der Waals surface area contributed by atoms with Crippen molar-refractivity contribution in [3.63, 3.8) is 0 Å². The van der Waals surface area contributed by atoms with E-state index in [9.17, 15) is 0 Å². The monoisotopic (exact) mass is 542 g/mol. The van der Waals surface area contributed by atoms with Crippen molar-refractivity contribution in [1.29, 1.82) is 0 Å². The summed E-state index contributed by atoms with van der Waals surface area (Å²) in [6.45, 7) is 23.3. The summed E-state index contributed by atoms with van der Waals surface area (Å²) in [6.07, 6.45) is 33.8. The molecular formula is C40H62. The lowest BCUT2D eigenvalue weighted by Crippen LogP contribution is -2.19. The zero-order valence-corrected chi connectivity index (χ0v) is 28.1. The molecule has 0 aromatic heterocycles. The molecule has 0 heteroatoms. The molecule has 0 N–H and O–H groups in total. The minimum absolute atomic E-state index is 0.321. The van der Waals surface area contributed by atoms with Crippen LogP contribution in [0.1, 0.15) is 146 Å². The van der Waals surface area contributed by atoms with E-state index in [-0.39, 0.29) is 0 Å². The molecule has 0 unspecified atom stereocenters. The van der Waals surface area contributed by atoms with Crippen LogP contribution in [0.25, 0.3) is 0 Å². The van der Waals surface area contributed by atoms with Gasteiger partial charge in [0.05, 0.1) is 0 Å². The zero-order valence-electron chi connectivity index (χ0n) is 28.1. The van der Waals surface area contributed by atoms with Gasteiger partial charge in [0, 0.05) is 0 Å². The first-order valence-electron chi connectivity index (χ1n) is 16.2. The Hall–Kier alpha value is -2.08. The summed E-state index contributed by atoms with van der Waals surface area (Å²) in [5.74, 6) is 0. The lowest BCUT2D eigenvalue weighted by Gasteiger charge is -2.33. The fourth-order valence-electron chi connectivity index (χ4n) is 6.50. The second kappa shape index (κ2) is 16.4. The van der Waals surface area contributed by atoms with Crippen LogP contribution in [0.5, 0.6) is 0 Å². The quantitative estimate of drug-likeness (QED) is 0.123. The molecular weight excluding hydrogens is 480 g/mol. The molecule has 0 saturated carbocycles. The predicted octanol–water partition coefficient (Wildman–Crippen LogP) is 13.3. The third-order valence-electron chi connectivity index (χ3n) is 9.27. The van der Waals surface area contributed by atoms with Gasteiger partial charge in [-0.2, -0.15) is 0 Å². The molecule has 0 heterocycles.